The number of pyridine rings is 2. The van der Waals surface area contributed by atoms with E-state index in [1.54, 1.807) is 13.3 Å². The maximum absolute atomic E-state index is 12.9. The summed E-state index contributed by atoms with van der Waals surface area (Å²) in [6, 6.07) is 20.9. The van der Waals surface area contributed by atoms with Crippen LogP contribution in [0.15, 0.2) is 85.3 Å². The summed E-state index contributed by atoms with van der Waals surface area (Å²) >= 11 is 5.78. The minimum absolute atomic E-state index is 0.122. The Morgan fingerprint density at radius 1 is 1.08 bits per heavy atom. The van der Waals surface area contributed by atoms with Gasteiger partial charge in [0.15, 0.2) is 5.11 Å². The molecular formula is C28H28N6O2S. The van der Waals surface area contributed by atoms with Crippen LogP contribution in [0.3, 0.4) is 0 Å². The fraction of sp³-hybridized carbons (Fsp3) is 0.214. The third kappa shape index (κ3) is 5.17. The lowest BCUT2D eigenvalue weighted by Gasteiger charge is -2.28. The number of ether oxygens (including phenoxy) is 1. The van der Waals surface area contributed by atoms with Crippen molar-refractivity contribution in [2.24, 2.45) is 0 Å². The highest BCUT2D eigenvalue weighted by Crippen LogP contribution is 2.39. The van der Waals surface area contributed by atoms with E-state index in [1.807, 2.05) is 80.0 Å². The molecule has 0 radical (unpaired) electrons. The molecule has 3 aromatic heterocycles. The number of benzene rings is 1. The summed E-state index contributed by atoms with van der Waals surface area (Å²) in [7, 11) is 1.58. The molecule has 0 aliphatic carbocycles. The summed E-state index contributed by atoms with van der Waals surface area (Å²) < 4.78 is 7.43. The molecule has 37 heavy (non-hydrogen) atoms. The minimum Gasteiger partial charge on any atom is -0.495 e. The van der Waals surface area contributed by atoms with Crippen LogP contribution in [0.2, 0.25) is 0 Å². The molecule has 1 amide bonds. The van der Waals surface area contributed by atoms with Crippen LogP contribution < -0.4 is 15.4 Å². The number of hydrogen-bond acceptors (Lipinski definition) is 5. The molecule has 0 saturated carbocycles. The van der Waals surface area contributed by atoms with E-state index >= 15 is 0 Å². The second kappa shape index (κ2) is 10.8. The molecule has 2 N–H and O–H groups in total. The van der Waals surface area contributed by atoms with Gasteiger partial charge in [-0.3, -0.25) is 9.78 Å². The highest BCUT2D eigenvalue weighted by Gasteiger charge is 2.41. The number of hydrogen-bond donors (Lipinski definition) is 2. The molecule has 0 unspecified atom stereocenters. The summed E-state index contributed by atoms with van der Waals surface area (Å²) in [5, 5.41) is 6.98. The lowest BCUT2D eigenvalue weighted by atomic mass is 10.0. The van der Waals surface area contributed by atoms with Crippen LogP contribution in [-0.2, 0) is 4.79 Å². The second-order valence-electron chi connectivity index (χ2n) is 8.82. The van der Waals surface area contributed by atoms with Gasteiger partial charge in [0.2, 0.25) is 5.91 Å². The maximum atomic E-state index is 12.9. The fourth-order valence-electron chi connectivity index (χ4n) is 4.60. The van der Waals surface area contributed by atoms with Gasteiger partial charge in [-0.1, -0.05) is 24.3 Å². The molecule has 1 saturated heterocycles. The highest BCUT2D eigenvalue weighted by atomic mass is 32.1. The highest BCUT2D eigenvalue weighted by molar-refractivity contribution is 7.80. The van der Waals surface area contributed by atoms with E-state index in [4.69, 9.17) is 17.0 Å². The molecule has 0 spiro atoms. The predicted molar refractivity (Wildman–Crippen MR) is 147 cm³/mol. The molecule has 8 nitrogen and oxygen atoms in total. The van der Waals surface area contributed by atoms with Crippen molar-refractivity contribution in [3.8, 4) is 11.6 Å². The first-order valence-electron chi connectivity index (χ1n) is 12.1. The van der Waals surface area contributed by atoms with Gasteiger partial charge in [-0.15, -0.1) is 0 Å². The van der Waals surface area contributed by atoms with Crippen molar-refractivity contribution in [2.75, 3.05) is 19.0 Å². The third-order valence-electron chi connectivity index (χ3n) is 6.38. The molecule has 0 bridgehead atoms. The Kier molecular flexibility index (Phi) is 7.14. The van der Waals surface area contributed by atoms with Gasteiger partial charge in [0, 0.05) is 37.3 Å². The number of aromatic nitrogens is 3. The lowest BCUT2D eigenvalue weighted by Crippen LogP contribution is -2.33. The van der Waals surface area contributed by atoms with E-state index < -0.39 is 0 Å². The minimum atomic E-state index is -0.195. The normalized spacial score (nSPS) is 16.9. The zero-order valence-electron chi connectivity index (χ0n) is 20.7. The van der Waals surface area contributed by atoms with Crippen LogP contribution in [0.4, 0.5) is 5.69 Å². The zero-order chi connectivity index (χ0) is 25.8. The number of para-hydroxylation sites is 2. The molecule has 1 aliphatic rings. The number of anilines is 1. The quantitative estimate of drug-likeness (QED) is 0.334. The Morgan fingerprint density at radius 3 is 2.68 bits per heavy atom. The largest absolute Gasteiger partial charge is 0.495 e. The van der Waals surface area contributed by atoms with E-state index in [1.165, 1.54) is 0 Å². The fourth-order valence-corrected chi connectivity index (χ4v) is 4.93. The Morgan fingerprint density at radius 2 is 1.92 bits per heavy atom. The number of nitrogens with zero attached hydrogens (tertiary/aromatic N) is 4. The van der Waals surface area contributed by atoms with Gasteiger partial charge in [-0.2, -0.15) is 0 Å². The maximum Gasteiger partial charge on any atom is 0.226 e. The van der Waals surface area contributed by atoms with Crippen molar-refractivity contribution in [1.29, 1.82) is 0 Å². The smallest absolute Gasteiger partial charge is 0.226 e. The molecule has 4 aromatic rings. The molecular weight excluding hydrogens is 484 g/mol. The molecule has 5 rings (SSSR count). The monoisotopic (exact) mass is 512 g/mol. The number of carbonyl (C=O) groups excluding carboxylic acids is 1. The van der Waals surface area contributed by atoms with Gasteiger partial charge in [0.25, 0.3) is 0 Å². The van der Waals surface area contributed by atoms with E-state index in [9.17, 15) is 4.79 Å². The van der Waals surface area contributed by atoms with E-state index in [0.29, 0.717) is 23.1 Å². The average Bonchev–Trinajstić information content (AvgIpc) is 3.53. The summed E-state index contributed by atoms with van der Waals surface area (Å²) in [6.07, 6.45) is 5.87. The van der Waals surface area contributed by atoms with Gasteiger partial charge < -0.3 is 24.8 Å². The Bertz CT molecular complexity index is 1390. The SMILES string of the molecule is COc1ccccc1NC(=O)CCN1C(=S)N[C@@H](c2ccccn2)[C@@H]1c1cccn1-c1ccc(C)cn1. The number of carbonyl (C=O) groups is 1. The summed E-state index contributed by atoms with van der Waals surface area (Å²) in [4.78, 5) is 24.2. The average molecular weight is 513 g/mol. The number of rotatable bonds is 8. The molecule has 1 aliphatic heterocycles. The predicted octanol–water partition coefficient (Wildman–Crippen LogP) is 4.59. The van der Waals surface area contributed by atoms with E-state index in [0.717, 1.165) is 22.8 Å². The Labute approximate surface area is 221 Å². The van der Waals surface area contributed by atoms with Crippen molar-refractivity contribution in [1.82, 2.24) is 24.8 Å². The standard InChI is InChI=1S/C28H28N6O2S/c1-19-12-13-24(30-18-19)33-16-7-10-22(33)27-26(21-9-5-6-15-29-21)32-28(37)34(27)17-14-25(35)31-20-8-3-4-11-23(20)36-2/h3-13,15-16,18,26-27H,14,17H2,1-2H3,(H,31,35)(H,32,37)/t26-,27-/m0/s1. The number of thiocarbonyl (C=S) groups is 1. The van der Waals surface area contributed by atoms with Crippen LogP contribution in [-0.4, -0.2) is 44.1 Å². The van der Waals surface area contributed by atoms with Gasteiger partial charge in [0.1, 0.15) is 11.6 Å². The topological polar surface area (TPSA) is 84.3 Å². The summed E-state index contributed by atoms with van der Waals surface area (Å²) in [6.45, 7) is 2.44. The first-order valence-corrected chi connectivity index (χ1v) is 12.5. The number of nitrogens with one attached hydrogen (secondary N) is 2. The van der Waals surface area contributed by atoms with Crippen molar-refractivity contribution in [3.63, 3.8) is 0 Å². The molecule has 1 fully saturated rings. The lowest BCUT2D eigenvalue weighted by molar-refractivity contribution is -0.116. The van der Waals surface area contributed by atoms with Crippen molar-refractivity contribution in [2.45, 2.75) is 25.4 Å². The molecule has 2 atom stereocenters. The van der Waals surface area contributed by atoms with Crippen LogP contribution in [0.5, 0.6) is 5.75 Å². The van der Waals surface area contributed by atoms with Gasteiger partial charge in [0.05, 0.1) is 30.6 Å². The second-order valence-corrected chi connectivity index (χ2v) is 9.20. The third-order valence-corrected chi connectivity index (χ3v) is 6.74. The van der Waals surface area contributed by atoms with Gasteiger partial charge in [-0.05, 0) is 67.2 Å². The van der Waals surface area contributed by atoms with Crippen LogP contribution in [0.1, 0.15) is 35.5 Å². The zero-order valence-corrected chi connectivity index (χ0v) is 21.5. The Balaban J connectivity index is 1.43. The molecule has 9 heteroatoms. The summed E-state index contributed by atoms with van der Waals surface area (Å²) in [5.74, 6) is 1.31. The van der Waals surface area contributed by atoms with Gasteiger partial charge >= 0.3 is 0 Å². The van der Waals surface area contributed by atoms with E-state index in [-0.39, 0.29) is 24.4 Å². The van der Waals surface area contributed by atoms with Crippen LogP contribution in [0, 0.1) is 6.92 Å². The van der Waals surface area contributed by atoms with Crippen molar-refractivity contribution < 1.29 is 9.53 Å². The first-order chi connectivity index (χ1) is 18.0. The Hall–Kier alpha value is -4.24. The van der Waals surface area contributed by atoms with Gasteiger partial charge in [-0.25, -0.2) is 4.98 Å². The van der Waals surface area contributed by atoms with Crippen LogP contribution >= 0.6 is 12.2 Å². The van der Waals surface area contributed by atoms with Crippen LogP contribution in [0.25, 0.3) is 5.82 Å². The first kappa shape index (κ1) is 24.5. The number of aryl methyl sites for hydroxylation is 1. The molecule has 1 aromatic carbocycles. The number of methoxy groups -OCH3 is 1. The van der Waals surface area contributed by atoms with Crippen molar-refractivity contribution in [3.05, 3.63) is 102 Å². The molecule has 4 heterocycles. The molecule has 188 valence electrons. The van der Waals surface area contributed by atoms with E-state index in [2.05, 4.69) is 36.1 Å². The van der Waals surface area contributed by atoms with Crippen molar-refractivity contribution >= 4 is 28.9 Å². The number of amides is 1. The summed E-state index contributed by atoms with van der Waals surface area (Å²) in [5.41, 5.74) is 3.61.